The van der Waals surface area contributed by atoms with Crippen LogP contribution in [0.4, 0.5) is 13.2 Å². The number of fused-ring (bicyclic) bond motifs is 1. The van der Waals surface area contributed by atoms with Crippen LogP contribution < -0.4 is 4.72 Å². The number of rotatable bonds is 4. The monoisotopic (exact) mass is 475 g/mol. The van der Waals surface area contributed by atoms with Crippen LogP contribution in [0.2, 0.25) is 0 Å². The Bertz CT molecular complexity index is 1320. The Hall–Kier alpha value is -2.44. The fourth-order valence-corrected chi connectivity index (χ4v) is 6.47. The van der Waals surface area contributed by atoms with Crippen molar-refractivity contribution in [2.24, 2.45) is 0 Å². The number of nitrogens with zero attached hydrogens (tertiary/aromatic N) is 1. The number of alkyl halides is 3. The summed E-state index contributed by atoms with van der Waals surface area (Å²) in [6, 6.07) is 7.44. The maximum atomic E-state index is 13.0. The first-order chi connectivity index (χ1) is 13.9. The van der Waals surface area contributed by atoms with Gasteiger partial charge in [-0.3, -0.25) is 0 Å². The van der Waals surface area contributed by atoms with E-state index < -0.39 is 37.8 Å². The van der Waals surface area contributed by atoms with Gasteiger partial charge in [-0.1, -0.05) is 19.6 Å². The first kappa shape index (κ1) is 23.2. The van der Waals surface area contributed by atoms with Crippen molar-refractivity contribution < 1.29 is 30.0 Å². The summed E-state index contributed by atoms with van der Waals surface area (Å²) in [6.45, 7) is 0. The summed E-state index contributed by atoms with van der Waals surface area (Å²) in [4.78, 5) is 6.09. The third-order valence-electron chi connectivity index (χ3n) is 4.87. The van der Waals surface area contributed by atoms with Gasteiger partial charge in [0.25, 0.3) is 0 Å². The summed E-state index contributed by atoms with van der Waals surface area (Å²) >= 11 is 0. The highest BCUT2D eigenvalue weighted by Gasteiger charge is 2.33. The van der Waals surface area contributed by atoms with E-state index in [0.717, 1.165) is 6.07 Å². The van der Waals surface area contributed by atoms with Crippen LogP contribution in [0.3, 0.4) is 0 Å². The van der Waals surface area contributed by atoms with Crippen molar-refractivity contribution in [2.75, 3.05) is 11.5 Å². The highest BCUT2D eigenvalue weighted by Crippen LogP contribution is 2.34. The van der Waals surface area contributed by atoms with E-state index in [1.165, 1.54) is 30.5 Å². The SMILES string of the molecule is C.O=S1(=O)CCC(NS(=O)(=O)c2ccc(-c3ccnc4[nH]c(C(F)(F)F)cc34)cc2)C1. The van der Waals surface area contributed by atoms with Gasteiger partial charge in [-0.2, -0.15) is 13.2 Å². The minimum Gasteiger partial charge on any atom is -0.336 e. The van der Waals surface area contributed by atoms with E-state index >= 15 is 0 Å². The second-order valence-electron chi connectivity index (χ2n) is 7.05. The minimum atomic E-state index is -4.55. The van der Waals surface area contributed by atoms with Gasteiger partial charge in [-0.05, 0) is 41.8 Å². The van der Waals surface area contributed by atoms with Crippen molar-refractivity contribution in [3.63, 3.8) is 0 Å². The van der Waals surface area contributed by atoms with Gasteiger partial charge in [-0.25, -0.2) is 26.5 Å². The number of sulfone groups is 1. The number of sulfonamides is 1. The van der Waals surface area contributed by atoms with E-state index in [1.807, 2.05) is 0 Å². The molecule has 1 unspecified atom stereocenters. The van der Waals surface area contributed by atoms with Gasteiger partial charge in [0, 0.05) is 17.6 Å². The standard InChI is InChI=1S/C18H16F3N3O4S2.CH4/c19-18(20,21)16-9-15-14(5-7-22-17(15)23-16)11-1-3-13(4-2-11)30(27,28)24-12-6-8-29(25,26)10-12;/h1-5,7,9,12,24H,6,8,10H2,(H,22,23);1H4. The molecular weight excluding hydrogens is 455 g/mol. The molecule has 2 N–H and O–H groups in total. The molecule has 168 valence electrons. The Morgan fingerprint density at radius 1 is 1.13 bits per heavy atom. The zero-order valence-corrected chi connectivity index (χ0v) is 16.9. The molecule has 4 rings (SSSR count). The molecule has 0 amide bonds. The molecule has 1 aliphatic heterocycles. The molecule has 7 nitrogen and oxygen atoms in total. The first-order valence-corrected chi connectivity index (χ1v) is 12.1. The van der Waals surface area contributed by atoms with Crippen LogP contribution in [-0.4, -0.2) is 44.4 Å². The van der Waals surface area contributed by atoms with Crippen LogP contribution in [0.5, 0.6) is 0 Å². The van der Waals surface area contributed by atoms with Crippen LogP contribution in [0.15, 0.2) is 47.5 Å². The molecule has 1 aromatic carbocycles. The van der Waals surface area contributed by atoms with Crippen molar-refractivity contribution in [3.8, 4) is 11.1 Å². The quantitative estimate of drug-likeness (QED) is 0.602. The highest BCUT2D eigenvalue weighted by molar-refractivity contribution is 7.92. The maximum absolute atomic E-state index is 13.0. The van der Waals surface area contributed by atoms with Crippen LogP contribution in [0, 0.1) is 0 Å². The second-order valence-corrected chi connectivity index (χ2v) is 11.0. The molecule has 1 saturated heterocycles. The highest BCUT2D eigenvalue weighted by atomic mass is 32.2. The Kier molecular flexibility index (Phi) is 5.93. The van der Waals surface area contributed by atoms with E-state index in [4.69, 9.17) is 0 Å². The topological polar surface area (TPSA) is 109 Å². The summed E-state index contributed by atoms with van der Waals surface area (Å²) in [5.41, 5.74) is 0.121. The maximum Gasteiger partial charge on any atom is 0.431 e. The van der Waals surface area contributed by atoms with Gasteiger partial charge in [0.15, 0.2) is 9.84 Å². The van der Waals surface area contributed by atoms with Crippen molar-refractivity contribution >= 4 is 30.9 Å². The lowest BCUT2D eigenvalue weighted by Gasteiger charge is -2.12. The number of benzene rings is 1. The fourth-order valence-electron chi connectivity index (χ4n) is 3.42. The number of aromatic nitrogens is 2. The van der Waals surface area contributed by atoms with Gasteiger partial charge < -0.3 is 4.98 Å². The average Bonchev–Trinajstić information content (AvgIpc) is 3.24. The normalized spacial score (nSPS) is 18.7. The van der Waals surface area contributed by atoms with Crippen molar-refractivity contribution in [1.29, 1.82) is 0 Å². The lowest BCUT2D eigenvalue weighted by atomic mass is 10.0. The van der Waals surface area contributed by atoms with E-state index in [-0.39, 0.29) is 41.3 Å². The van der Waals surface area contributed by atoms with Crippen LogP contribution in [0.25, 0.3) is 22.2 Å². The van der Waals surface area contributed by atoms with Gasteiger partial charge in [0.2, 0.25) is 10.0 Å². The molecule has 3 aromatic rings. The van der Waals surface area contributed by atoms with E-state index in [2.05, 4.69) is 14.7 Å². The van der Waals surface area contributed by atoms with Gasteiger partial charge in [-0.15, -0.1) is 0 Å². The molecule has 31 heavy (non-hydrogen) atoms. The fraction of sp³-hybridized carbons (Fsp3) is 0.316. The molecule has 0 aliphatic carbocycles. The van der Waals surface area contributed by atoms with Crippen LogP contribution in [-0.2, 0) is 26.0 Å². The summed E-state index contributed by atoms with van der Waals surface area (Å²) in [5, 5.41) is 0.259. The number of nitrogens with one attached hydrogen (secondary N) is 2. The van der Waals surface area contributed by atoms with Gasteiger partial charge >= 0.3 is 6.18 Å². The summed E-state index contributed by atoms with van der Waals surface area (Å²) in [7, 11) is -7.17. The van der Waals surface area contributed by atoms with Crippen molar-refractivity contribution in [3.05, 3.63) is 48.3 Å². The van der Waals surface area contributed by atoms with E-state index in [0.29, 0.717) is 11.1 Å². The number of hydrogen-bond donors (Lipinski definition) is 2. The lowest BCUT2D eigenvalue weighted by Crippen LogP contribution is -2.35. The Labute approximate surface area is 177 Å². The Morgan fingerprint density at radius 2 is 1.81 bits per heavy atom. The number of aromatic amines is 1. The van der Waals surface area contributed by atoms with Crippen molar-refractivity contribution in [2.45, 2.75) is 31.0 Å². The van der Waals surface area contributed by atoms with Crippen LogP contribution >= 0.6 is 0 Å². The molecular formula is C19H20F3N3O4S2. The molecule has 0 spiro atoms. The molecule has 0 bridgehead atoms. The number of pyridine rings is 1. The molecule has 2 aromatic heterocycles. The lowest BCUT2D eigenvalue weighted by molar-refractivity contribution is -0.140. The molecule has 1 aliphatic rings. The number of H-pyrrole nitrogens is 1. The molecule has 1 fully saturated rings. The molecule has 0 radical (unpaired) electrons. The predicted molar refractivity (Wildman–Crippen MR) is 111 cm³/mol. The van der Waals surface area contributed by atoms with Gasteiger partial charge in [0.05, 0.1) is 16.4 Å². The molecule has 1 atom stereocenters. The largest absolute Gasteiger partial charge is 0.431 e. The summed E-state index contributed by atoms with van der Waals surface area (Å²) < 4.78 is 89.5. The predicted octanol–water partition coefficient (Wildman–Crippen LogP) is 3.35. The summed E-state index contributed by atoms with van der Waals surface area (Å²) in [6.07, 6.45) is -2.97. The third-order valence-corrected chi connectivity index (χ3v) is 8.17. The van der Waals surface area contributed by atoms with Crippen LogP contribution in [0.1, 0.15) is 19.5 Å². The van der Waals surface area contributed by atoms with E-state index in [1.54, 1.807) is 6.07 Å². The summed E-state index contributed by atoms with van der Waals surface area (Å²) in [5.74, 6) is -0.303. The Morgan fingerprint density at radius 3 is 2.39 bits per heavy atom. The Balaban J connectivity index is 0.00000272. The zero-order valence-electron chi connectivity index (χ0n) is 15.3. The van der Waals surface area contributed by atoms with Gasteiger partial charge in [0.1, 0.15) is 11.3 Å². The first-order valence-electron chi connectivity index (χ1n) is 8.83. The van der Waals surface area contributed by atoms with E-state index in [9.17, 15) is 30.0 Å². The second kappa shape index (κ2) is 7.92. The number of halogens is 3. The number of hydrogen-bond acceptors (Lipinski definition) is 5. The average molecular weight is 476 g/mol. The smallest absolute Gasteiger partial charge is 0.336 e. The molecule has 12 heteroatoms. The molecule has 3 heterocycles. The molecule has 0 saturated carbocycles. The zero-order chi connectivity index (χ0) is 21.7. The minimum absolute atomic E-state index is 0. The van der Waals surface area contributed by atoms with Crippen molar-refractivity contribution in [1.82, 2.24) is 14.7 Å². The third kappa shape index (κ3) is 4.75.